The van der Waals surface area contributed by atoms with Crippen LogP contribution in [0.2, 0.25) is 0 Å². The number of nitrogens with zero attached hydrogens (tertiary/aromatic N) is 5. The number of esters is 1. The SMILES string of the molecule is C=CCOC(=O)Nc1nc(/C(=N/OC)C(=O)N[C@@H]2C(=O)N3C(C(=O)OCC=C)=C(c4csc(-c5ccc[n+](C)c5)n4)CC[C@H]23)cs1.[I-]. The van der Waals surface area contributed by atoms with Crippen LogP contribution in [0.15, 0.2) is 71.4 Å². The number of fused-ring (bicyclic) bond motifs is 1. The summed E-state index contributed by atoms with van der Waals surface area (Å²) in [5, 5.41) is 13.2. The Morgan fingerprint density at radius 1 is 1.17 bits per heavy atom. The number of nitrogens with one attached hydrogen (secondary N) is 2. The lowest BCUT2D eigenvalue weighted by Crippen LogP contribution is -3.00. The van der Waals surface area contributed by atoms with Crippen molar-refractivity contribution in [3.8, 4) is 10.6 Å². The van der Waals surface area contributed by atoms with Gasteiger partial charge in [-0.05, 0) is 18.9 Å². The van der Waals surface area contributed by atoms with E-state index in [-0.39, 0.29) is 59.4 Å². The van der Waals surface area contributed by atoms with Crippen molar-refractivity contribution in [1.29, 1.82) is 0 Å². The van der Waals surface area contributed by atoms with Gasteiger partial charge in [-0.15, -0.1) is 22.7 Å². The molecule has 0 aromatic carbocycles. The van der Waals surface area contributed by atoms with E-state index in [2.05, 4.69) is 33.9 Å². The standard InChI is InChI=1S/C30H29N7O7S2.HI/c1-5-12-43-28(40)24-18(19-15-45-26(31-19)17-8-7-11-36(3)14-17)9-10-21-23(27(39)37(21)24)33-25(38)22(35-42-4)20-16-46-29(32-20)34-30(41)44-13-6-2;/h5-8,11,14-16,21,23H,1-2,9-10,12-13H2,3-4H3,(H-,32,33,34,38,41);1H/b35-22-;/t21-,23+;/m1./s1. The van der Waals surface area contributed by atoms with Gasteiger partial charge in [0, 0.05) is 22.4 Å². The Labute approximate surface area is 294 Å². The summed E-state index contributed by atoms with van der Waals surface area (Å²) >= 11 is 2.47. The van der Waals surface area contributed by atoms with Crippen LogP contribution in [0.1, 0.15) is 24.2 Å². The number of aromatic nitrogens is 3. The van der Waals surface area contributed by atoms with Gasteiger partial charge in [-0.2, -0.15) is 0 Å². The van der Waals surface area contributed by atoms with Crippen molar-refractivity contribution in [2.75, 3.05) is 25.6 Å². The zero-order valence-electron chi connectivity index (χ0n) is 25.3. The maximum Gasteiger partial charge on any atom is 0.413 e. The van der Waals surface area contributed by atoms with Crippen LogP contribution in [0.3, 0.4) is 0 Å². The van der Waals surface area contributed by atoms with Crippen LogP contribution in [-0.2, 0) is 35.7 Å². The average molecular weight is 792 g/mol. The van der Waals surface area contributed by atoms with E-state index in [0.717, 1.165) is 21.9 Å². The van der Waals surface area contributed by atoms with Crippen LogP contribution >= 0.6 is 22.7 Å². The fourth-order valence-corrected chi connectivity index (χ4v) is 6.47. The fraction of sp³-hybridized carbons (Fsp3) is 0.267. The number of halogens is 1. The van der Waals surface area contributed by atoms with Crippen molar-refractivity contribution < 1.29 is 62.0 Å². The normalized spacial score (nSPS) is 17.0. The van der Waals surface area contributed by atoms with E-state index >= 15 is 0 Å². The Morgan fingerprint density at radius 3 is 2.66 bits per heavy atom. The molecule has 2 aliphatic rings. The number of ether oxygens (including phenoxy) is 2. The van der Waals surface area contributed by atoms with Gasteiger partial charge in [0.05, 0.1) is 17.3 Å². The number of carbonyl (C=O) groups excluding carboxylic acids is 4. The van der Waals surface area contributed by atoms with E-state index in [1.807, 2.05) is 41.5 Å². The van der Waals surface area contributed by atoms with Crippen LogP contribution in [0.4, 0.5) is 9.93 Å². The van der Waals surface area contributed by atoms with Crippen LogP contribution in [0.5, 0.6) is 0 Å². The van der Waals surface area contributed by atoms with E-state index in [0.29, 0.717) is 24.1 Å². The van der Waals surface area contributed by atoms with Gasteiger partial charge in [0.1, 0.15) is 49.8 Å². The number of oxime groups is 1. The van der Waals surface area contributed by atoms with Gasteiger partial charge in [0.15, 0.2) is 23.2 Å². The Balaban J connectivity index is 0.00000500. The number of anilines is 1. The number of β-lactam (4-membered cyclic amide) rings is 1. The summed E-state index contributed by atoms with van der Waals surface area (Å²) in [5.74, 6) is -1.90. The lowest BCUT2D eigenvalue weighted by molar-refractivity contribution is -0.671. The summed E-state index contributed by atoms with van der Waals surface area (Å²) in [4.78, 5) is 67.3. The molecule has 14 nitrogen and oxygen atoms in total. The molecule has 0 bridgehead atoms. The fourth-order valence-electron chi connectivity index (χ4n) is 4.97. The molecule has 2 atom stereocenters. The van der Waals surface area contributed by atoms with Crippen molar-refractivity contribution in [3.05, 3.63) is 77.7 Å². The number of thiazole rings is 2. The predicted molar refractivity (Wildman–Crippen MR) is 169 cm³/mol. The van der Waals surface area contributed by atoms with Gasteiger partial charge < -0.3 is 43.6 Å². The van der Waals surface area contributed by atoms with Crippen molar-refractivity contribution in [3.63, 3.8) is 0 Å². The minimum atomic E-state index is -0.946. The molecular formula is C30H30IN7O7S2. The number of carbonyl (C=O) groups is 4. The Morgan fingerprint density at radius 2 is 1.94 bits per heavy atom. The number of allylic oxidation sites excluding steroid dienone is 1. The molecule has 5 heterocycles. The van der Waals surface area contributed by atoms with Crippen molar-refractivity contribution in [2.45, 2.75) is 24.9 Å². The van der Waals surface area contributed by atoms with Gasteiger partial charge in [0.2, 0.25) is 0 Å². The summed E-state index contributed by atoms with van der Waals surface area (Å²) in [5.41, 5.74) is 2.07. The molecule has 3 amide bonds. The van der Waals surface area contributed by atoms with Gasteiger partial charge in [0.25, 0.3) is 11.8 Å². The molecule has 2 N–H and O–H groups in total. The molecule has 3 aromatic rings. The number of hydrogen-bond donors (Lipinski definition) is 2. The highest BCUT2D eigenvalue weighted by Crippen LogP contribution is 2.42. The maximum atomic E-state index is 13.6. The van der Waals surface area contributed by atoms with Crippen molar-refractivity contribution >= 4 is 63.0 Å². The molecule has 0 aliphatic carbocycles. The quantitative estimate of drug-likeness (QED) is 0.0482. The molecular weight excluding hydrogens is 761 g/mol. The lowest BCUT2D eigenvalue weighted by atomic mass is 9.82. The molecule has 17 heteroatoms. The van der Waals surface area contributed by atoms with Gasteiger partial charge in [-0.1, -0.05) is 30.5 Å². The smallest absolute Gasteiger partial charge is 0.413 e. The minimum absolute atomic E-state index is 0. The van der Waals surface area contributed by atoms with Crippen molar-refractivity contribution in [2.24, 2.45) is 12.2 Å². The monoisotopic (exact) mass is 791 g/mol. The Bertz CT molecular complexity index is 1770. The zero-order chi connectivity index (χ0) is 32.8. The number of amides is 3. The number of hydrogen-bond acceptors (Lipinski definition) is 12. The van der Waals surface area contributed by atoms with Crippen molar-refractivity contribution in [1.82, 2.24) is 20.2 Å². The number of rotatable bonds is 12. The third-order valence-electron chi connectivity index (χ3n) is 6.93. The summed E-state index contributed by atoms with van der Waals surface area (Å²) in [6.07, 6.45) is 6.84. The first kappa shape index (κ1) is 35.4. The molecule has 1 fully saturated rings. The van der Waals surface area contributed by atoms with E-state index in [1.54, 1.807) is 0 Å². The molecule has 1 saturated heterocycles. The molecule has 0 spiro atoms. The van der Waals surface area contributed by atoms with Gasteiger partial charge in [-0.25, -0.2) is 24.1 Å². The van der Waals surface area contributed by atoms with E-state index in [4.69, 9.17) is 19.3 Å². The van der Waals surface area contributed by atoms with Crippen LogP contribution in [0, 0.1) is 0 Å². The molecule has 0 unspecified atom stereocenters. The first-order chi connectivity index (χ1) is 22.2. The Kier molecular flexibility index (Phi) is 11.9. The second-order valence-electron chi connectivity index (χ2n) is 9.95. The van der Waals surface area contributed by atoms with Gasteiger partial charge in [-0.3, -0.25) is 19.8 Å². The lowest BCUT2D eigenvalue weighted by Gasteiger charge is -2.50. The molecule has 0 radical (unpaired) electrons. The largest absolute Gasteiger partial charge is 1.00 e. The van der Waals surface area contributed by atoms with E-state index < -0.39 is 36.0 Å². The highest BCUT2D eigenvalue weighted by atomic mass is 127. The summed E-state index contributed by atoms with van der Waals surface area (Å²) in [7, 11) is 3.18. The zero-order valence-corrected chi connectivity index (χ0v) is 29.1. The highest BCUT2D eigenvalue weighted by molar-refractivity contribution is 7.14. The van der Waals surface area contributed by atoms with E-state index in [9.17, 15) is 19.2 Å². The highest BCUT2D eigenvalue weighted by Gasteiger charge is 2.54. The molecule has 5 rings (SSSR count). The minimum Gasteiger partial charge on any atom is -1.00 e. The summed E-state index contributed by atoms with van der Waals surface area (Å²) in [6.45, 7) is 7.05. The van der Waals surface area contributed by atoms with Crippen LogP contribution in [0.25, 0.3) is 16.1 Å². The molecule has 0 saturated carbocycles. The number of aryl methyl sites for hydroxylation is 1. The first-order valence-electron chi connectivity index (χ1n) is 13.9. The third kappa shape index (κ3) is 7.74. The maximum absolute atomic E-state index is 13.6. The average Bonchev–Trinajstić information content (AvgIpc) is 3.73. The molecule has 3 aromatic heterocycles. The summed E-state index contributed by atoms with van der Waals surface area (Å²) < 4.78 is 12.2. The second-order valence-corrected chi connectivity index (χ2v) is 11.7. The van der Waals surface area contributed by atoms with Crippen LogP contribution in [-0.4, -0.2) is 76.9 Å². The molecule has 246 valence electrons. The molecule has 2 aliphatic heterocycles. The molecule has 47 heavy (non-hydrogen) atoms. The summed E-state index contributed by atoms with van der Waals surface area (Å²) in [6, 6.07) is 2.40. The topological polar surface area (TPSA) is 165 Å². The number of pyridine rings is 1. The van der Waals surface area contributed by atoms with E-state index in [1.165, 1.54) is 40.9 Å². The first-order valence-corrected chi connectivity index (χ1v) is 15.7. The second kappa shape index (κ2) is 15.9. The predicted octanol–water partition coefficient (Wildman–Crippen LogP) is -0.190. The Hall–Kier alpha value is -4.49. The van der Waals surface area contributed by atoms with Gasteiger partial charge >= 0.3 is 12.1 Å². The third-order valence-corrected chi connectivity index (χ3v) is 8.58. The van der Waals surface area contributed by atoms with Crippen LogP contribution < -0.4 is 39.2 Å².